The molecule has 0 unspecified atom stereocenters. The van der Waals surface area contributed by atoms with Gasteiger partial charge in [0.05, 0.1) is 6.61 Å². The third kappa shape index (κ3) is 3.70. The molecule has 1 heterocycles. The molecule has 24 heavy (non-hydrogen) atoms. The van der Waals surface area contributed by atoms with Gasteiger partial charge in [0.2, 0.25) is 0 Å². The van der Waals surface area contributed by atoms with Crippen molar-refractivity contribution in [2.24, 2.45) is 0 Å². The minimum absolute atomic E-state index is 0.262. The van der Waals surface area contributed by atoms with Gasteiger partial charge < -0.3 is 14.6 Å². The first-order valence-corrected chi connectivity index (χ1v) is 7.64. The van der Waals surface area contributed by atoms with Gasteiger partial charge in [-0.2, -0.15) is 0 Å². The van der Waals surface area contributed by atoms with Gasteiger partial charge in [-0.05, 0) is 11.1 Å². The molecular formula is C19H18N2O3. The number of hydrogen-bond acceptors (Lipinski definition) is 4. The van der Waals surface area contributed by atoms with E-state index in [9.17, 15) is 4.79 Å². The smallest absolute Gasteiger partial charge is 0.273 e. The predicted octanol–water partition coefficient (Wildman–Crippen LogP) is 3.42. The predicted molar refractivity (Wildman–Crippen MR) is 90.3 cm³/mol. The lowest BCUT2D eigenvalue weighted by molar-refractivity contribution is 0.0941. The summed E-state index contributed by atoms with van der Waals surface area (Å²) in [6.07, 6.45) is 0. The van der Waals surface area contributed by atoms with Gasteiger partial charge in [-0.25, -0.2) is 0 Å². The number of carbonyl (C=O) groups is 1. The lowest BCUT2D eigenvalue weighted by atomic mass is 10.1. The number of rotatable bonds is 6. The van der Waals surface area contributed by atoms with Crippen molar-refractivity contribution < 1.29 is 14.1 Å². The van der Waals surface area contributed by atoms with Crippen LogP contribution in [0, 0.1) is 0 Å². The summed E-state index contributed by atoms with van der Waals surface area (Å²) in [4.78, 5) is 12.3. The molecule has 0 saturated carbocycles. The summed E-state index contributed by atoms with van der Waals surface area (Å²) >= 11 is 0. The molecule has 0 atom stereocenters. The van der Waals surface area contributed by atoms with Gasteiger partial charge in [-0.3, -0.25) is 4.79 Å². The average molecular weight is 322 g/mol. The van der Waals surface area contributed by atoms with Crippen molar-refractivity contribution in [3.63, 3.8) is 0 Å². The first kappa shape index (κ1) is 16.0. The van der Waals surface area contributed by atoms with Crippen molar-refractivity contribution in [2.75, 3.05) is 7.11 Å². The van der Waals surface area contributed by atoms with Gasteiger partial charge in [0, 0.05) is 25.3 Å². The van der Waals surface area contributed by atoms with Gasteiger partial charge in [0.1, 0.15) is 0 Å². The molecule has 3 aromatic rings. The Kier molecular flexibility index (Phi) is 5.03. The van der Waals surface area contributed by atoms with E-state index in [1.165, 1.54) is 0 Å². The Labute approximate surface area is 140 Å². The van der Waals surface area contributed by atoms with E-state index < -0.39 is 0 Å². The fourth-order valence-electron chi connectivity index (χ4n) is 2.41. The van der Waals surface area contributed by atoms with Crippen LogP contribution < -0.4 is 5.32 Å². The molecule has 122 valence electrons. The molecule has 2 aromatic carbocycles. The molecule has 0 saturated heterocycles. The number of methoxy groups -OCH3 is 1. The van der Waals surface area contributed by atoms with Crippen LogP contribution in [0.1, 0.15) is 21.6 Å². The second kappa shape index (κ2) is 7.57. The summed E-state index contributed by atoms with van der Waals surface area (Å²) in [6, 6.07) is 19.0. The van der Waals surface area contributed by atoms with Crippen LogP contribution in [0.4, 0.5) is 0 Å². The van der Waals surface area contributed by atoms with E-state index >= 15 is 0 Å². The number of ether oxygens (including phenoxy) is 1. The van der Waals surface area contributed by atoms with Crippen LogP contribution in [-0.2, 0) is 17.9 Å². The van der Waals surface area contributed by atoms with Crippen LogP contribution in [0.15, 0.2) is 65.2 Å². The molecule has 5 nitrogen and oxygen atoms in total. The molecule has 5 heteroatoms. The summed E-state index contributed by atoms with van der Waals surface area (Å²) < 4.78 is 10.4. The highest BCUT2D eigenvalue weighted by molar-refractivity contribution is 5.93. The van der Waals surface area contributed by atoms with Crippen molar-refractivity contribution in [2.45, 2.75) is 13.2 Å². The van der Waals surface area contributed by atoms with E-state index in [0.717, 1.165) is 16.7 Å². The van der Waals surface area contributed by atoms with Crippen LogP contribution in [0.5, 0.6) is 0 Å². The SMILES string of the molecule is COCc1ccccc1CNC(=O)c1cc(-c2ccccc2)on1. The zero-order chi connectivity index (χ0) is 16.8. The molecule has 0 fully saturated rings. The monoisotopic (exact) mass is 322 g/mol. The molecule has 0 aliphatic rings. The molecule has 1 N–H and O–H groups in total. The van der Waals surface area contributed by atoms with Crippen molar-refractivity contribution in [1.29, 1.82) is 0 Å². The fourth-order valence-corrected chi connectivity index (χ4v) is 2.41. The Bertz CT molecular complexity index is 812. The van der Waals surface area contributed by atoms with Gasteiger partial charge in [-0.15, -0.1) is 0 Å². The van der Waals surface area contributed by atoms with Crippen molar-refractivity contribution in [3.05, 3.63) is 77.5 Å². The zero-order valence-corrected chi connectivity index (χ0v) is 13.4. The number of nitrogens with one attached hydrogen (secondary N) is 1. The van der Waals surface area contributed by atoms with Gasteiger partial charge in [0.15, 0.2) is 11.5 Å². The maximum Gasteiger partial charge on any atom is 0.273 e. The van der Waals surface area contributed by atoms with E-state index in [1.54, 1.807) is 13.2 Å². The number of benzene rings is 2. The van der Waals surface area contributed by atoms with Gasteiger partial charge >= 0.3 is 0 Å². The third-order valence-electron chi connectivity index (χ3n) is 3.66. The van der Waals surface area contributed by atoms with E-state index in [4.69, 9.17) is 9.26 Å². The number of nitrogens with zero attached hydrogens (tertiary/aromatic N) is 1. The molecule has 0 aliphatic carbocycles. The third-order valence-corrected chi connectivity index (χ3v) is 3.66. The Morgan fingerprint density at radius 2 is 1.79 bits per heavy atom. The fraction of sp³-hybridized carbons (Fsp3) is 0.158. The topological polar surface area (TPSA) is 64.4 Å². The standard InChI is InChI=1S/C19H18N2O3/c1-23-13-16-10-6-5-9-15(16)12-20-19(22)17-11-18(24-21-17)14-7-3-2-4-8-14/h2-11H,12-13H2,1H3,(H,20,22). The molecule has 0 spiro atoms. The zero-order valence-electron chi connectivity index (χ0n) is 13.4. The minimum atomic E-state index is -0.270. The summed E-state index contributed by atoms with van der Waals surface area (Å²) in [6.45, 7) is 0.917. The highest BCUT2D eigenvalue weighted by atomic mass is 16.5. The Morgan fingerprint density at radius 3 is 2.54 bits per heavy atom. The molecule has 0 bridgehead atoms. The van der Waals surface area contributed by atoms with Crippen LogP contribution in [-0.4, -0.2) is 18.2 Å². The largest absolute Gasteiger partial charge is 0.380 e. The summed E-state index contributed by atoms with van der Waals surface area (Å²) in [7, 11) is 1.65. The minimum Gasteiger partial charge on any atom is -0.380 e. The number of hydrogen-bond donors (Lipinski definition) is 1. The first-order chi connectivity index (χ1) is 11.8. The summed E-state index contributed by atoms with van der Waals surface area (Å²) in [5.74, 6) is 0.300. The van der Waals surface area contributed by atoms with Crippen molar-refractivity contribution in [1.82, 2.24) is 10.5 Å². The van der Waals surface area contributed by atoms with Gasteiger partial charge in [0.25, 0.3) is 5.91 Å². The van der Waals surface area contributed by atoms with E-state index in [-0.39, 0.29) is 11.6 Å². The lowest BCUT2D eigenvalue weighted by Crippen LogP contribution is -2.23. The molecule has 0 radical (unpaired) electrons. The number of amides is 1. The van der Waals surface area contributed by atoms with Crippen LogP contribution in [0.25, 0.3) is 11.3 Å². The average Bonchev–Trinajstić information content (AvgIpc) is 3.12. The van der Waals surface area contributed by atoms with Crippen molar-refractivity contribution >= 4 is 5.91 Å². The van der Waals surface area contributed by atoms with Crippen molar-refractivity contribution in [3.8, 4) is 11.3 Å². The highest BCUT2D eigenvalue weighted by Gasteiger charge is 2.13. The molecule has 1 amide bonds. The molecule has 3 rings (SSSR count). The van der Waals surface area contributed by atoms with E-state index in [1.807, 2.05) is 54.6 Å². The first-order valence-electron chi connectivity index (χ1n) is 7.64. The number of aromatic nitrogens is 1. The Morgan fingerprint density at radius 1 is 1.08 bits per heavy atom. The number of carbonyl (C=O) groups excluding carboxylic acids is 1. The van der Waals surface area contributed by atoms with Crippen LogP contribution in [0.3, 0.4) is 0 Å². The van der Waals surface area contributed by atoms with Gasteiger partial charge in [-0.1, -0.05) is 59.8 Å². The second-order valence-corrected chi connectivity index (χ2v) is 5.33. The van der Waals surface area contributed by atoms with Crippen LogP contribution >= 0.6 is 0 Å². The van der Waals surface area contributed by atoms with Crippen LogP contribution in [0.2, 0.25) is 0 Å². The Balaban J connectivity index is 1.67. The maximum absolute atomic E-state index is 12.3. The quantitative estimate of drug-likeness (QED) is 0.755. The summed E-state index contributed by atoms with van der Waals surface area (Å²) in [5, 5.41) is 6.71. The lowest BCUT2D eigenvalue weighted by Gasteiger charge is -2.09. The molecule has 0 aliphatic heterocycles. The van der Waals surface area contributed by atoms with E-state index in [0.29, 0.717) is 18.9 Å². The highest BCUT2D eigenvalue weighted by Crippen LogP contribution is 2.19. The maximum atomic E-state index is 12.3. The van der Waals surface area contributed by atoms with E-state index in [2.05, 4.69) is 10.5 Å². The normalized spacial score (nSPS) is 10.5. The summed E-state index contributed by atoms with van der Waals surface area (Å²) in [5.41, 5.74) is 3.21. The molecule has 1 aromatic heterocycles. The second-order valence-electron chi connectivity index (χ2n) is 5.33. The molecular weight excluding hydrogens is 304 g/mol. The Hall–Kier alpha value is -2.92.